The van der Waals surface area contributed by atoms with Crippen LogP contribution in [0.1, 0.15) is 25.1 Å². The lowest BCUT2D eigenvalue weighted by atomic mass is 9.92. The van der Waals surface area contributed by atoms with Gasteiger partial charge >= 0.3 is 6.09 Å². The van der Waals surface area contributed by atoms with Crippen LogP contribution in [0.4, 0.5) is 4.79 Å². The van der Waals surface area contributed by atoms with E-state index in [2.05, 4.69) is 4.98 Å². The van der Waals surface area contributed by atoms with Gasteiger partial charge in [0.25, 0.3) is 0 Å². The van der Waals surface area contributed by atoms with Gasteiger partial charge in [0.15, 0.2) is 0 Å². The van der Waals surface area contributed by atoms with Gasteiger partial charge in [-0.15, -0.1) is 0 Å². The van der Waals surface area contributed by atoms with Crippen molar-refractivity contribution in [1.82, 2.24) is 19.4 Å². The van der Waals surface area contributed by atoms with E-state index in [0.29, 0.717) is 26.1 Å². The largest absolute Gasteiger partial charge is 0.439 e. The van der Waals surface area contributed by atoms with Crippen LogP contribution in [0.15, 0.2) is 12.4 Å². The predicted molar refractivity (Wildman–Crippen MR) is 79.2 cm³/mol. The van der Waals surface area contributed by atoms with E-state index < -0.39 is 5.60 Å². The fourth-order valence-electron chi connectivity index (χ4n) is 3.33. The van der Waals surface area contributed by atoms with Crippen molar-refractivity contribution in [3.8, 4) is 0 Å². The first-order valence-electron chi connectivity index (χ1n) is 7.69. The van der Waals surface area contributed by atoms with Crippen molar-refractivity contribution < 1.29 is 14.3 Å². The lowest BCUT2D eigenvalue weighted by Crippen LogP contribution is -2.52. The van der Waals surface area contributed by atoms with Crippen LogP contribution >= 0.6 is 0 Å². The number of piperidine rings is 1. The number of hydrogen-bond acceptors (Lipinski definition) is 4. The predicted octanol–water partition coefficient (Wildman–Crippen LogP) is 1.02. The topological polar surface area (TPSA) is 67.7 Å². The molecular weight excluding hydrogens is 284 g/mol. The molecule has 2 saturated heterocycles. The lowest BCUT2D eigenvalue weighted by molar-refractivity contribution is -0.137. The summed E-state index contributed by atoms with van der Waals surface area (Å²) in [7, 11) is 1.74. The van der Waals surface area contributed by atoms with Crippen LogP contribution in [0, 0.1) is 6.92 Å². The van der Waals surface area contributed by atoms with Crippen molar-refractivity contribution in [3.63, 3.8) is 0 Å². The van der Waals surface area contributed by atoms with E-state index in [0.717, 1.165) is 25.2 Å². The van der Waals surface area contributed by atoms with E-state index in [1.807, 2.05) is 22.6 Å². The molecule has 2 aliphatic rings. The lowest BCUT2D eigenvalue weighted by Gasteiger charge is -2.38. The van der Waals surface area contributed by atoms with E-state index in [9.17, 15) is 9.59 Å². The molecule has 1 spiro atoms. The zero-order valence-corrected chi connectivity index (χ0v) is 13.1. The molecule has 0 N–H and O–H groups in total. The molecule has 2 fully saturated rings. The Hall–Kier alpha value is -2.05. The number of aryl methyl sites for hydroxylation is 2. The van der Waals surface area contributed by atoms with Gasteiger partial charge in [-0.2, -0.15) is 0 Å². The van der Waals surface area contributed by atoms with Gasteiger partial charge < -0.3 is 19.1 Å². The van der Waals surface area contributed by atoms with Gasteiger partial charge in [-0.05, 0) is 19.8 Å². The third-order valence-corrected chi connectivity index (χ3v) is 4.52. The molecule has 1 aromatic rings. The first-order chi connectivity index (χ1) is 10.5. The Kier molecular flexibility index (Phi) is 3.80. The molecule has 2 amide bonds. The number of ether oxygens (including phenoxy) is 1. The van der Waals surface area contributed by atoms with E-state index in [4.69, 9.17) is 4.74 Å². The molecule has 3 heterocycles. The fourth-order valence-corrected chi connectivity index (χ4v) is 3.33. The number of likely N-dealkylation sites (N-methyl/N-ethyl adjacent to an activating group) is 1. The molecule has 0 radical (unpaired) electrons. The van der Waals surface area contributed by atoms with Crippen molar-refractivity contribution in [2.24, 2.45) is 0 Å². The van der Waals surface area contributed by atoms with Crippen LogP contribution in [0.25, 0.3) is 0 Å². The maximum Gasteiger partial charge on any atom is 0.410 e. The van der Waals surface area contributed by atoms with E-state index in [1.165, 1.54) is 0 Å². The normalized spacial score (nSPS) is 24.9. The summed E-state index contributed by atoms with van der Waals surface area (Å²) in [6, 6.07) is 0. The number of carbonyl (C=O) groups excluding carboxylic acids is 2. The number of rotatable bonds is 3. The second-order valence-corrected chi connectivity index (χ2v) is 6.24. The highest BCUT2D eigenvalue weighted by molar-refractivity contribution is 5.77. The average Bonchev–Trinajstić information content (AvgIpc) is 3.00. The van der Waals surface area contributed by atoms with Crippen LogP contribution in [0.3, 0.4) is 0 Å². The minimum atomic E-state index is -0.509. The molecule has 0 aliphatic carbocycles. The van der Waals surface area contributed by atoms with Crippen LogP contribution in [0.5, 0.6) is 0 Å². The van der Waals surface area contributed by atoms with Crippen molar-refractivity contribution in [1.29, 1.82) is 0 Å². The number of amides is 2. The quantitative estimate of drug-likeness (QED) is 0.836. The van der Waals surface area contributed by atoms with Crippen LogP contribution in [0.2, 0.25) is 0 Å². The standard InChI is InChI=1S/C15H22N4O3/c1-12-16-6-9-18(12)8-4-13(20)19-7-3-5-15(11-19)10-17(2)14(21)22-15/h6,9H,3-5,7-8,10-11H2,1-2H3/t15-/m1/s1. The summed E-state index contributed by atoms with van der Waals surface area (Å²) >= 11 is 0. The number of hydrogen-bond donors (Lipinski definition) is 0. The smallest absolute Gasteiger partial charge is 0.410 e. The summed E-state index contributed by atoms with van der Waals surface area (Å²) < 4.78 is 7.50. The Morgan fingerprint density at radius 1 is 1.45 bits per heavy atom. The highest BCUT2D eigenvalue weighted by atomic mass is 16.6. The number of likely N-dealkylation sites (tertiary alicyclic amines) is 1. The van der Waals surface area contributed by atoms with Crippen LogP contribution in [-0.4, -0.2) is 63.6 Å². The Morgan fingerprint density at radius 3 is 2.91 bits per heavy atom. The average molecular weight is 306 g/mol. The summed E-state index contributed by atoms with van der Waals surface area (Å²) in [5.74, 6) is 1.02. The molecule has 120 valence electrons. The molecular formula is C15H22N4O3. The van der Waals surface area contributed by atoms with Gasteiger partial charge in [0.2, 0.25) is 5.91 Å². The maximum atomic E-state index is 12.4. The van der Waals surface area contributed by atoms with Gasteiger partial charge in [-0.1, -0.05) is 0 Å². The zero-order chi connectivity index (χ0) is 15.7. The number of aromatic nitrogens is 2. The minimum absolute atomic E-state index is 0.109. The third kappa shape index (κ3) is 2.80. The maximum absolute atomic E-state index is 12.4. The van der Waals surface area contributed by atoms with Crippen LogP contribution in [-0.2, 0) is 16.1 Å². The monoisotopic (exact) mass is 306 g/mol. The number of carbonyl (C=O) groups is 2. The Bertz CT molecular complexity index is 585. The molecule has 22 heavy (non-hydrogen) atoms. The van der Waals surface area contributed by atoms with Crippen LogP contribution < -0.4 is 0 Å². The number of imidazole rings is 1. The number of nitrogens with zero attached hydrogens (tertiary/aromatic N) is 4. The molecule has 3 rings (SSSR count). The Labute approximate surface area is 129 Å². The Balaban J connectivity index is 1.59. The van der Waals surface area contributed by atoms with Gasteiger partial charge in [0.05, 0.1) is 13.1 Å². The molecule has 0 unspecified atom stereocenters. The molecule has 0 saturated carbocycles. The molecule has 7 nitrogen and oxygen atoms in total. The van der Waals surface area contributed by atoms with Gasteiger partial charge in [0, 0.05) is 39.0 Å². The second-order valence-electron chi connectivity index (χ2n) is 6.24. The zero-order valence-electron chi connectivity index (χ0n) is 13.1. The summed E-state index contributed by atoms with van der Waals surface area (Å²) in [6.07, 6.45) is 5.47. The molecule has 1 aromatic heterocycles. The Morgan fingerprint density at radius 2 is 2.27 bits per heavy atom. The van der Waals surface area contributed by atoms with E-state index in [-0.39, 0.29) is 12.0 Å². The minimum Gasteiger partial charge on any atom is -0.439 e. The second kappa shape index (κ2) is 5.62. The van der Waals surface area contributed by atoms with Crippen molar-refractivity contribution in [2.75, 3.05) is 26.7 Å². The summed E-state index contributed by atoms with van der Waals surface area (Å²) in [5.41, 5.74) is -0.509. The fraction of sp³-hybridized carbons (Fsp3) is 0.667. The SMILES string of the molecule is Cc1nccn1CCC(=O)N1CCC[C@@]2(CN(C)C(=O)O2)C1. The van der Waals surface area contributed by atoms with E-state index in [1.54, 1.807) is 18.1 Å². The molecule has 1 atom stereocenters. The molecule has 2 aliphatic heterocycles. The third-order valence-electron chi connectivity index (χ3n) is 4.52. The van der Waals surface area contributed by atoms with Gasteiger partial charge in [0.1, 0.15) is 11.4 Å². The first-order valence-corrected chi connectivity index (χ1v) is 7.69. The van der Waals surface area contributed by atoms with Gasteiger partial charge in [-0.3, -0.25) is 4.79 Å². The first kappa shape index (κ1) is 14.9. The molecule has 0 aromatic carbocycles. The summed E-state index contributed by atoms with van der Waals surface area (Å²) in [6.45, 7) is 4.37. The van der Waals surface area contributed by atoms with Crippen molar-refractivity contribution in [3.05, 3.63) is 18.2 Å². The molecule has 0 bridgehead atoms. The van der Waals surface area contributed by atoms with Crippen molar-refractivity contribution >= 4 is 12.0 Å². The van der Waals surface area contributed by atoms with E-state index >= 15 is 0 Å². The van der Waals surface area contributed by atoms with Gasteiger partial charge in [-0.25, -0.2) is 9.78 Å². The summed E-state index contributed by atoms with van der Waals surface area (Å²) in [4.78, 5) is 31.7. The summed E-state index contributed by atoms with van der Waals surface area (Å²) in [5, 5.41) is 0. The molecule has 7 heteroatoms. The van der Waals surface area contributed by atoms with Crippen molar-refractivity contribution in [2.45, 2.75) is 38.3 Å². The highest BCUT2D eigenvalue weighted by Gasteiger charge is 2.47. The highest BCUT2D eigenvalue weighted by Crippen LogP contribution is 2.31.